The second-order valence-corrected chi connectivity index (χ2v) is 13.1. The minimum absolute atomic E-state index is 0.00192. The Balaban J connectivity index is 1.59. The Morgan fingerprint density at radius 2 is 1.40 bits per heavy atom. The molecule has 0 fully saturated rings. The van der Waals surface area contributed by atoms with Crippen LogP contribution in [0.3, 0.4) is 0 Å². The van der Waals surface area contributed by atoms with Crippen LogP contribution in [0.2, 0.25) is 0 Å². The van der Waals surface area contributed by atoms with Crippen molar-refractivity contribution >= 4 is 50.1 Å². The molecular formula is C32H35N5O7S. The molecule has 45 heavy (non-hydrogen) atoms. The Bertz CT molecular complexity index is 1720. The molecule has 0 aliphatic carbocycles. The molecule has 0 spiro atoms. The molecule has 3 aromatic carbocycles. The van der Waals surface area contributed by atoms with Crippen molar-refractivity contribution in [2.45, 2.75) is 51.3 Å². The monoisotopic (exact) mass is 633 g/mol. The van der Waals surface area contributed by atoms with E-state index in [1.54, 1.807) is 69.3 Å². The standard InChI is InChI=1S/C32H35N5O7S/c1-32(2,3)44-31(41)36-26(17-20-9-5-4-6-10-20)30(40)35-25(29(39)34-24-12-8-7-11-23(24)33)18-21-13-15-22(16-14-21)27-19-28(38)37-45(27,42)43/h4-16,19,25-26H,17-18,33H2,1-3H3,(H,34,39)(H,35,40)(H,36,41)(H,37,38)/t25-,26-/m0/s1. The van der Waals surface area contributed by atoms with E-state index in [0.717, 1.165) is 11.6 Å². The van der Waals surface area contributed by atoms with Crippen LogP contribution in [-0.4, -0.2) is 49.9 Å². The van der Waals surface area contributed by atoms with E-state index in [1.165, 1.54) is 12.1 Å². The highest BCUT2D eigenvalue weighted by Gasteiger charge is 2.31. The fourth-order valence-corrected chi connectivity index (χ4v) is 5.66. The lowest BCUT2D eigenvalue weighted by atomic mass is 10.0. The van der Waals surface area contributed by atoms with Crippen molar-refractivity contribution in [3.05, 3.63) is 102 Å². The number of amides is 4. The summed E-state index contributed by atoms with van der Waals surface area (Å²) >= 11 is 0. The van der Waals surface area contributed by atoms with Crippen LogP contribution in [0.25, 0.3) is 4.91 Å². The number of para-hydroxylation sites is 2. The van der Waals surface area contributed by atoms with Crippen molar-refractivity contribution in [1.29, 1.82) is 0 Å². The molecule has 3 aromatic rings. The van der Waals surface area contributed by atoms with Gasteiger partial charge in [-0.3, -0.25) is 14.4 Å². The molecule has 1 heterocycles. The fraction of sp³-hybridized carbons (Fsp3) is 0.250. The van der Waals surface area contributed by atoms with Crippen LogP contribution in [0.1, 0.15) is 37.5 Å². The minimum atomic E-state index is -3.97. The second kappa shape index (κ2) is 13.6. The molecule has 2 atom stereocenters. The Morgan fingerprint density at radius 1 is 0.822 bits per heavy atom. The van der Waals surface area contributed by atoms with E-state index in [9.17, 15) is 27.6 Å². The maximum absolute atomic E-state index is 13.7. The molecule has 0 saturated heterocycles. The largest absolute Gasteiger partial charge is 0.444 e. The zero-order chi connectivity index (χ0) is 32.8. The summed E-state index contributed by atoms with van der Waals surface area (Å²) in [6.07, 6.45) is 0.321. The third-order valence-corrected chi connectivity index (χ3v) is 8.01. The van der Waals surface area contributed by atoms with Crippen molar-refractivity contribution < 1.29 is 32.3 Å². The van der Waals surface area contributed by atoms with E-state index in [1.807, 2.05) is 22.9 Å². The average molecular weight is 634 g/mol. The predicted octanol–water partition coefficient (Wildman–Crippen LogP) is 2.87. The first-order chi connectivity index (χ1) is 21.2. The van der Waals surface area contributed by atoms with Crippen molar-refractivity contribution in [3.8, 4) is 0 Å². The van der Waals surface area contributed by atoms with Gasteiger partial charge in [0, 0.05) is 18.9 Å². The quantitative estimate of drug-likeness (QED) is 0.211. The Kier molecular flexibility index (Phi) is 9.92. The van der Waals surface area contributed by atoms with Crippen LogP contribution in [0.5, 0.6) is 0 Å². The van der Waals surface area contributed by atoms with Gasteiger partial charge in [0.05, 0.1) is 11.4 Å². The highest BCUT2D eigenvalue weighted by molar-refractivity contribution is 7.99. The number of nitrogens with two attached hydrogens (primary N) is 1. The molecular weight excluding hydrogens is 598 g/mol. The van der Waals surface area contributed by atoms with E-state index < -0.39 is 51.5 Å². The number of nitrogen functional groups attached to an aromatic ring is 1. The number of rotatable bonds is 10. The summed E-state index contributed by atoms with van der Waals surface area (Å²) in [4.78, 5) is 51.4. The lowest BCUT2D eigenvalue weighted by Gasteiger charge is -2.25. The molecule has 1 aliphatic heterocycles. The van der Waals surface area contributed by atoms with Crippen molar-refractivity contribution in [3.63, 3.8) is 0 Å². The van der Waals surface area contributed by atoms with Gasteiger partial charge < -0.3 is 26.4 Å². The summed E-state index contributed by atoms with van der Waals surface area (Å²) in [5.41, 5.74) is 7.52. The Labute approximate surface area is 261 Å². The first-order valence-electron chi connectivity index (χ1n) is 14.1. The highest BCUT2D eigenvalue weighted by atomic mass is 32.2. The molecule has 6 N–H and O–H groups in total. The van der Waals surface area contributed by atoms with Gasteiger partial charge in [-0.15, -0.1) is 0 Å². The Hall–Kier alpha value is -5.17. The molecule has 4 amide bonds. The molecule has 12 nitrogen and oxygen atoms in total. The highest BCUT2D eigenvalue weighted by Crippen LogP contribution is 2.25. The normalized spacial score (nSPS) is 15.2. The number of carbonyl (C=O) groups excluding carboxylic acids is 4. The van der Waals surface area contributed by atoms with Crippen LogP contribution in [-0.2, 0) is 42.0 Å². The lowest BCUT2D eigenvalue weighted by molar-refractivity contribution is -0.127. The van der Waals surface area contributed by atoms with Crippen molar-refractivity contribution in [1.82, 2.24) is 15.4 Å². The first-order valence-corrected chi connectivity index (χ1v) is 15.6. The van der Waals surface area contributed by atoms with E-state index >= 15 is 0 Å². The van der Waals surface area contributed by atoms with E-state index in [4.69, 9.17) is 10.5 Å². The van der Waals surface area contributed by atoms with Gasteiger partial charge in [0.1, 0.15) is 22.6 Å². The molecule has 0 radical (unpaired) electrons. The number of hydrogen-bond donors (Lipinski definition) is 5. The number of alkyl carbamates (subject to hydrolysis) is 1. The summed E-state index contributed by atoms with van der Waals surface area (Å²) in [6, 6.07) is 19.7. The van der Waals surface area contributed by atoms with Gasteiger partial charge in [0.2, 0.25) is 11.8 Å². The van der Waals surface area contributed by atoms with Crippen molar-refractivity contribution in [2.75, 3.05) is 11.1 Å². The first kappa shape index (κ1) is 32.7. The summed E-state index contributed by atoms with van der Waals surface area (Å²) in [5, 5.41) is 8.12. The topological polar surface area (TPSA) is 186 Å². The maximum Gasteiger partial charge on any atom is 0.408 e. The summed E-state index contributed by atoms with van der Waals surface area (Å²) in [5.74, 6) is -1.94. The number of ether oxygens (including phenoxy) is 1. The molecule has 4 rings (SSSR count). The van der Waals surface area contributed by atoms with Gasteiger partial charge in [-0.1, -0.05) is 66.7 Å². The molecule has 0 unspecified atom stereocenters. The van der Waals surface area contributed by atoms with Gasteiger partial charge in [0.25, 0.3) is 15.9 Å². The fourth-order valence-electron chi connectivity index (χ4n) is 4.51. The minimum Gasteiger partial charge on any atom is -0.444 e. The smallest absolute Gasteiger partial charge is 0.408 e. The SMILES string of the molecule is CC(C)(C)OC(=O)N[C@@H](Cc1ccccc1)C(=O)N[C@@H](Cc1ccc(C2=CC(=O)NS2(=O)=O)cc1)C(=O)Nc1ccccc1N. The second-order valence-electron chi connectivity index (χ2n) is 11.4. The molecule has 0 aromatic heterocycles. The summed E-state index contributed by atoms with van der Waals surface area (Å²) in [7, 11) is -3.97. The zero-order valence-corrected chi connectivity index (χ0v) is 25.8. The zero-order valence-electron chi connectivity index (χ0n) is 25.0. The van der Waals surface area contributed by atoms with Crippen molar-refractivity contribution in [2.24, 2.45) is 0 Å². The third-order valence-electron chi connectivity index (χ3n) is 6.61. The van der Waals surface area contributed by atoms with Crippen LogP contribution in [0.4, 0.5) is 16.2 Å². The molecule has 0 bridgehead atoms. The van der Waals surface area contributed by atoms with Gasteiger partial charge >= 0.3 is 6.09 Å². The summed E-state index contributed by atoms with van der Waals surface area (Å²) < 4.78 is 31.8. The lowest BCUT2D eigenvalue weighted by Crippen LogP contribution is -2.54. The van der Waals surface area contributed by atoms with Gasteiger partial charge in [0.15, 0.2) is 0 Å². The Morgan fingerprint density at radius 3 is 1.98 bits per heavy atom. The summed E-state index contributed by atoms with van der Waals surface area (Å²) in [6.45, 7) is 5.10. The number of sulfonamides is 1. The number of hydrogen-bond acceptors (Lipinski definition) is 8. The number of anilines is 2. The number of benzene rings is 3. The van der Waals surface area contributed by atoms with Gasteiger partial charge in [-0.2, -0.15) is 0 Å². The maximum atomic E-state index is 13.7. The molecule has 0 saturated carbocycles. The molecule has 236 valence electrons. The van der Waals surface area contributed by atoms with E-state index in [-0.39, 0.29) is 23.3 Å². The predicted molar refractivity (Wildman–Crippen MR) is 170 cm³/mol. The van der Waals surface area contributed by atoms with Crippen LogP contribution in [0.15, 0.2) is 84.9 Å². The van der Waals surface area contributed by atoms with E-state index in [0.29, 0.717) is 16.9 Å². The van der Waals surface area contributed by atoms with Crippen LogP contribution < -0.4 is 26.4 Å². The van der Waals surface area contributed by atoms with Gasteiger partial charge in [-0.25, -0.2) is 17.9 Å². The van der Waals surface area contributed by atoms with Crippen LogP contribution >= 0.6 is 0 Å². The molecule has 1 aliphatic rings. The van der Waals surface area contributed by atoms with Gasteiger partial charge in [-0.05, 0) is 49.6 Å². The third kappa shape index (κ3) is 9.16. The van der Waals surface area contributed by atoms with E-state index in [2.05, 4.69) is 16.0 Å². The molecule has 13 heteroatoms. The average Bonchev–Trinajstić information content (AvgIpc) is 3.24. The number of nitrogens with one attached hydrogen (secondary N) is 4. The number of carbonyl (C=O) groups is 4. The van der Waals surface area contributed by atoms with Crippen LogP contribution in [0, 0.1) is 0 Å².